The number of amides is 1. The van der Waals surface area contributed by atoms with E-state index in [2.05, 4.69) is 25.9 Å². The first-order chi connectivity index (χ1) is 17.2. The summed E-state index contributed by atoms with van der Waals surface area (Å²) in [7, 11) is 0. The first kappa shape index (κ1) is 26.9. The number of hydrogen-bond donors (Lipinski definition) is 3. The predicted octanol–water partition coefficient (Wildman–Crippen LogP) is 4.90. The first-order valence-corrected chi connectivity index (χ1v) is 12.1. The van der Waals surface area contributed by atoms with E-state index in [9.17, 15) is 14.7 Å². The van der Waals surface area contributed by atoms with E-state index in [0.717, 1.165) is 12.0 Å². The van der Waals surface area contributed by atoms with Crippen LogP contribution >= 0.6 is 11.6 Å². The normalized spacial score (nSPS) is 11.7. The summed E-state index contributed by atoms with van der Waals surface area (Å²) >= 11 is 6.37. The second-order valence-corrected chi connectivity index (χ2v) is 8.74. The fourth-order valence-corrected chi connectivity index (χ4v) is 3.94. The number of rotatable bonds is 12. The number of tetrazole rings is 1. The Kier molecular flexibility index (Phi) is 9.24. The van der Waals surface area contributed by atoms with Crippen molar-refractivity contribution < 1.29 is 24.2 Å². The van der Waals surface area contributed by atoms with Crippen molar-refractivity contribution in [3.05, 3.63) is 51.8 Å². The van der Waals surface area contributed by atoms with Gasteiger partial charge < -0.3 is 19.9 Å². The Morgan fingerprint density at radius 2 is 2.00 bits per heavy atom. The Morgan fingerprint density at radius 1 is 1.22 bits per heavy atom. The van der Waals surface area contributed by atoms with Gasteiger partial charge in [0, 0.05) is 23.7 Å². The molecule has 1 heterocycles. The lowest BCUT2D eigenvalue weighted by Gasteiger charge is -2.21. The van der Waals surface area contributed by atoms with Gasteiger partial charge in [0.1, 0.15) is 23.4 Å². The van der Waals surface area contributed by atoms with E-state index in [-0.39, 0.29) is 23.5 Å². The third-order valence-electron chi connectivity index (χ3n) is 5.65. The number of ether oxygens (including phenoxy) is 2. The smallest absolute Gasteiger partial charge is 0.294 e. The summed E-state index contributed by atoms with van der Waals surface area (Å²) in [5.74, 6) is 0.261. The third kappa shape index (κ3) is 6.51. The molecule has 3 aromatic rings. The van der Waals surface area contributed by atoms with E-state index < -0.39 is 5.91 Å². The van der Waals surface area contributed by atoms with Gasteiger partial charge >= 0.3 is 0 Å². The van der Waals surface area contributed by atoms with Gasteiger partial charge in [0.25, 0.3) is 5.91 Å². The molecular formula is C25H30ClN5O5. The number of nitrogens with one attached hydrogen (secondary N) is 2. The van der Waals surface area contributed by atoms with Crippen LogP contribution in [0.5, 0.6) is 17.2 Å². The molecule has 3 rings (SSSR count). The van der Waals surface area contributed by atoms with Crippen molar-refractivity contribution in [3.63, 3.8) is 0 Å². The molecule has 2 aromatic carbocycles. The van der Waals surface area contributed by atoms with Crippen molar-refractivity contribution in [2.24, 2.45) is 0 Å². The summed E-state index contributed by atoms with van der Waals surface area (Å²) in [5.41, 5.74) is 2.19. The molecule has 0 aliphatic carbocycles. The van der Waals surface area contributed by atoms with Crippen LogP contribution in [0.4, 0.5) is 5.69 Å². The number of phenols is 1. The second kappa shape index (κ2) is 12.3. The van der Waals surface area contributed by atoms with Crippen molar-refractivity contribution in [1.82, 2.24) is 20.6 Å². The number of H-pyrrole nitrogens is 1. The highest BCUT2D eigenvalue weighted by atomic mass is 35.5. The molecule has 1 aromatic heterocycles. The fraction of sp³-hybridized carbons (Fsp3) is 0.400. The number of phenolic OH excluding ortho intramolecular Hbond substituents is 1. The van der Waals surface area contributed by atoms with Crippen LogP contribution in [0.2, 0.25) is 5.02 Å². The minimum absolute atomic E-state index is 0.0143. The molecule has 1 amide bonds. The van der Waals surface area contributed by atoms with Gasteiger partial charge in [-0.3, -0.25) is 9.59 Å². The largest absolute Gasteiger partial charge is 0.507 e. The molecule has 0 saturated carbocycles. The molecular weight excluding hydrogens is 486 g/mol. The third-order valence-corrected chi connectivity index (χ3v) is 5.95. The first-order valence-electron chi connectivity index (χ1n) is 11.8. The van der Waals surface area contributed by atoms with Crippen LogP contribution in [0.1, 0.15) is 72.1 Å². The Hall–Kier alpha value is -3.66. The SMILES string of the molecule is CCCc1c(OC(CC)CCOc2cc(NC(=O)c3nnn[nH]3)c(C)cc2Cl)ccc(C(C)=O)c1O. The molecule has 0 bridgehead atoms. The van der Waals surface area contributed by atoms with E-state index in [1.54, 1.807) is 24.3 Å². The molecule has 10 nitrogen and oxygen atoms in total. The number of ketones is 1. The molecule has 1 atom stereocenters. The minimum Gasteiger partial charge on any atom is -0.507 e. The van der Waals surface area contributed by atoms with Gasteiger partial charge in [0.15, 0.2) is 5.78 Å². The van der Waals surface area contributed by atoms with Gasteiger partial charge in [-0.25, -0.2) is 5.10 Å². The number of anilines is 1. The molecule has 11 heteroatoms. The minimum atomic E-state index is -0.488. The molecule has 3 N–H and O–H groups in total. The quantitative estimate of drug-likeness (QED) is 0.289. The number of halogens is 1. The van der Waals surface area contributed by atoms with Gasteiger partial charge in [-0.2, -0.15) is 0 Å². The molecule has 0 fully saturated rings. The Morgan fingerprint density at radius 3 is 2.64 bits per heavy atom. The lowest BCUT2D eigenvalue weighted by atomic mass is 10.0. The van der Waals surface area contributed by atoms with Crippen molar-refractivity contribution in [2.45, 2.75) is 59.5 Å². The zero-order chi connectivity index (χ0) is 26.2. The monoisotopic (exact) mass is 515 g/mol. The van der Waals surface area contributed by atoms with Crippen LogP contribution in [0.25, 0.3) is 0 Å². The summed E-state index contributed by atoms with van der Waals surface area (Å²) in [6, 6.07) is 6.68. The van der Waals surface area contributed by atoms with Gasteiger partial charge in [-0.15, -0.1) is 5.10 Å². The van der Waals surface area contributed by atoms with Crippen molar-refractivity contribution in [1.29, 1.82) is 0 Å². The Balaban J connectivity index is 1.67. The zero-order valence-corrected chi connectivity index (χ0v) is 21.5. The highest BCUT2D eigenvalue weighted by Crippen LogP contribution is 2.35. The Labute approximate surface area is 214 Å². The van der Waals surface area contributed by atoms with E-state index in [1.807, 2.05) is 20.8 Å². The maximum Gasteiger partial charge on any atom is 0.294 e. The standard InChI is InChI=1S/C25H30ClN5O5/c1-5-7-18-21(9-8-17(15(4)32)23(18)33)36-16(6-2)10-11-35-22-13-20(14(3)12-19(22)26)27-25(34)24-28-30-31-29-24/h8-9,12-13,16,33H,5-7,10-11H2,1-4H3,(H,27,34)(H,28,29,30,31). The van der Waals surface area contributed by atoms with Crippen molar-refractivity contribution >= 4 is 29.0 Å². The topological polar surface area (TPSA) is 139 Å². The zero-order valence-electron chi connectivity index (χ0n) is 20.7. The van der Waals surface area contributed by atoms with Gasteiger partial charge in [-0.1, -0.05) is 31.9 Å². The van der Waals surface area contributed by atoms with Crippen LogP contribution in [0.15, 0.2) is 24.3 Å². The van der Waals surface area contributed by atoms with Crippen molar-refractivity contribution in [3.8, 4) is 17.2 Å². The van der Waals surface area contributed by atoms with Crippen LogP contribution in [0, 0.1) is 6.92 Å². The van der Waals surface area contributed by atoms with Gasteiger partial charge in [0.2, 0.25) is 5.82 Å². The van der Waals surface area contributed by atoms with E-state index in [4.69, 9.17) is 21.1 Å². The lowest BCUT2D eigenvalue weighted by molar-refractivity contribution is 0.100. The number of benzene rings is 2. The number of nitrogens with zero attached hydrogens (tertiary/aromatic N) is 3. The average molecular weight is 516 g/mol. The molecule has 36 heavy (non-hydrogen) atoms. The molecule has 0 aliphatic heterocycles. The number of hydrogen-bond acceptors (Lipinski definition) is 8. The van der Waals surface area contributed by atoms with Gasteiger partial charge in [-0.05, 0) is 60.9 Å². The number of aromatic hydroxyl groups is 1. The Bertz CT molecular complexity index is 1220. The molecule has 192 valence electrons. The van der Waals surface area contributed by atoms with Crippen LogP contribution in [-0.4, -0.2) is 50.1 Å². The number of aromatic amines is 1. The number of carbonyl (C=O) groups excluding carboxylic acids is 2. The fourth-order valence-electron chi connectivity index (χ4n) is 3.67. The summed E-state index contributed by atoms with van der Waals surface area (Å²) in [4.78, 5) is 24.1. The maximum absolute atomic E-state index is 12.3. The van der Waals surface area contributed by atoms with E-state index in [1.165, 1.54) is 6.92 Å². The highest BCUT2D eigenvalue weighted by molar-refractivity contribution is 6.32. The molecule has 1 unspecified atom stereocenters. The molecule has 0 saturated heterocycles. The number of carbonyl (C=O) groups is 2. The molecule has 0 spiro atoms. The van der Waals surface area contributed by atoms with Crippen LogP contribution < -0.4 is 14.8 Å². The maximum atomic E-state index is 12.3. The number of aryl methyl sites for hydroxylation is 1. The van der Waals surface area contributed by atoms with E-state index in [0.29, 0.717) is 59.2 Å². The highest BCUT2D eigenvalue weighted by Gasteiger charge is 2.19. The van der Waals surface area contributed by atoms with Crippen LogP contribution in [0.3, 0.4) is 0 Å². The summed E-state index contributed by atoms with van der Waals surface area (Å²) in [6.07, 6.45) is 2.45. The van der Waals surface area contributed by atoms with Gasteiger partial charge in [0.05, 0.1) is 17.2 Å². The summed E-state index contributed by atoms with van der Waals surface area (Å²) in [6.45, 7) is 7.54. The average Bonchev–Trinajstić information content (AvgIpc) is 3.38. The molecule has 0 radical (unpaired) electrons. The second-order valence-electron chi connectivity index (χ2n) is 8.33. The summed E-state index contributed by atoms with van der Waals surface area (Å²) < 4.78 is 12.1. The van der Waals surface area contributed by atoms with Crippen molar-refractivity contribution in [2.75, 3.05) is 11.9 Å². The number of aromatic nitrogens is 4. The lowest BCUT2D eigenvalue weighted by Crippen LogP contribution is -2.20. The summed E-state index contributed by atoms with van der Waals surface area (Å²) in [5, 5.41) is 26.6. The number of Topliss-reactive ketones (excluding diaryl/α,β-unsaturated/α-hetero) is 1. The molecule has 0 aliphatic rings. The predicted molar refractivity (Wildman–Crippen MR) is 135 cm³/mol. The van der Waals surface area contributed by atoms with E-state index >= 15 is 0 Å². The van der Waals surface area contributed by atoms with Crippen LogP contribution in [-0.2, 0) is 6.42 Å².